The van der Waals surface area contributed by atoms with E-state index in [0.717, 1.165) is 0 Å². The van der Waals surface area contributed by atoms with Crippen LogP contribution in [-0.2, 0) is 28.7 Å². The van der Waals surface area contributed by atoms with Crippen LogP contribution in [0, 0.1) is 34.5 Å². The summed E-state index contributed by atoms with van der Waals surface area (Å²) in [5.41, 5.74) is -2.75. The molecule has 0 saturated heterocycles. The molecule has 4 rings (SSSR count). The number of rotatable bonds is 4. The van der Waals surface area contributed by atoms with Crippen molar-refractivity contribution in [2.45, 2.75) is 58.2 Å². The normalized spacial score (nSPS) is 43.6. The van der Waals surface area contributed by atoms with Gasteiger partial charge in [0.25, 0.3) is 0 Å². The molecule has 8 nitrogen and oxygen atoms in total. The Balaban J connectivity index is 1.75. The van der Waals surface area contributed by atoms with Gasteiger partial charge in [-0.25, -0.2) is 0 Å². The fourth-order valence-electron chi connectivity index (χ4n) is 7.53. The molecular weight excluding hydrogens is 428 g/mol. The van der Waals surface area contributed by atoms with Crippen molar-refractivity contribution >= 4 is 23.5 Å². The number of allylic oxidation sites excluding steroid dienone is 3. The van der Waals surface area contributed by atoms with Crippen LogP contribution < -0.4 is 0 Å². The summed E-state index contributed by atoms with van der Waals surface area (Å²) in [6, 6.07) is 0. The van der Waals surface area contributed by atoms with Crippen LogP contribution in [0.25, 0.3) is 0 Å². The monoisotopic (exact) mass is 460 g/mol. The van der Waals surface area contributed by atoms with E-state index in [2.05, 4.69) is 0 Å². The summed E-state index contributed by atoms with van der Waals surface area (Å²) in [5.74, 6) is -3.05. The number of hydrogen-bond donors (Lipinski definition) is 2. The number of ether oxygens (including phenoxy) is 2. The molecular formula is C25H32O8. The van der Waals surface area contributed by atoms with Crippen molar-refractivity contribution in [3.8, 4) is 0 Å². The summed E-state index contributed by atoms with van der Waals surface area (Å²) in [6.45, 7) is 4.44. The van der Waals surface area contributed by atoms with Gasteiger partial charge in [0.2, 0.25) is 5.78 Å². The molecule has 0 heterocycles. The molecule has 8 atom stereocenters. The van der Waals surface area contributed by atoms with Gasteiger partial charge in [-0.05, 0) is 55.2 Å². The third kappa shape index (κ3) is 3.33. The molecule has 0 radical (unpaired) electrons. The quantitative estimate of drug-likeness (QED) is 0.605. The third-order valence-electron chi connectivity index (χ3n) is 9.05. The number of carbonyl (C=O) groups excluding carboxylic acids is 4. The van der Waals surface area contributed by atoms with Gasteiger partial charge in [-0.1, -0.05) is 19.9 Å². The van der Waals surface area contributed by atoms with Gasteiger partial charge < -0.3 is 19.7 Å². The molecule has 8 heteroatoms. The number of Topliss-reactive ketones (excluding diaryl/α,β-unsaturated/α-hetero) is 1. The van der Waals surface area contributed by atoms with Crippen molar-refractivity contribution in [3.05, 3.63) is 23.8 Å². The Labute approximate surface area is 193 Å². The van der Waals surface area contributed by atoms with Gasteiger partial charge in [-0.3, -0.25) is 19.2 Å². The summed E-state index contributed by atoms with van der Waals surface area (Å²) in [6.07, 6.45) is 5.18. The van der Waals surface area contributed by atoms with Crippen molar-refractivity contribution in [1.82, 2.24) is 0 Å². The van der Waals surface area contributed by atoms with E-state index in [1.807, 2.05) is 13.8 Å². The van der Waals surface area contributed by atoms with Crippen LogP contribution in [0.2, 0.25) is 0 Å². The summed E-state index contributed by atoms with van der Waals surface area (Å²) in [5, 5.41) is 23.0. The Morgan fingerprint density at radius 1 is 1.24 bits per heavy atom. The average Bonchev–Trinajstić information content (AvgIpc) is 3.02. The zero-order valence-electron chi connectivity index (χ0n) is 19.5. The van der Waals surface area contributed by atoms with Gasteiger partial charge in [-0.2, -0.15) is 0 Å². The molecule has 4 aliphatic carbocycles. The van der Waals surface area contributed by atoms with Gasteiger partial charge in [0.1, 0.15) is 5.60 Å². The molecule has 0 amide bonds. The van der Waals surface area contributed by atoms with Crippen LogP contribution in [0.1, 0.15) is 46.5 Å². The lowest BCUT2D eigenvalue weighted by Crippen LogP contribution is -2.63. The van der Waals surface area contributed by atoms with Crippen LogP contribution >= 0.6 is 0 Å². The largest absolute Gasteiger partial charge is 0.469 e. The van der Waals surface area contributed by atoms with Crippen LogP contribution in [0.3, 0.4) is 0 Å². The summed E-state index contributed by atoms with van der Waals surface area (Å²) < 4.78 is 9.94. The van der Waals surface area contributed by atoms with Crippen molar-refractivity contribution in [3.63, 3.8) is 0 Å². The predicted octanol–water partition coefficient (Wildman–Crippen LogP) is 1.53. The molecule has 180 valence electrons. The van der Waals surface area contributed by atoms with Crippen molar-refractivity contribution < 1.29 is 38.9 Å². The molecule has 2 N–H and O–H groups in total. The summed E-state index contributed by atoms with van der Waals surface area (Å²) in [7, 11) is 1.31. The highest BCUT2D eigenvalue weighted by Gasteiger charge is 2.69. The van der Waals surface area contributed by atoms with Gasteiger partial charge >= 0.3 is 11.9 Å². The number of ketones is 2. The van der Waals surface area contributed by atoms with Crippen molar-refractivity contribution in [1.29, 1.82) is 0 Å². The lowest BCUT2D eigenvalue weighted by atomic mass is 9.44. The van der Waals surface area contributed by atoms with E-state index in [9.17, 15) is 29.4 Å². The maximum Gasteiger partial charge on any atom is 0.312 e. The summed E-state index contributed by atoms with van der Waals surface area (Å²) in [4.78, 5) is 49.2. The fourth-order valence-corrected chi connectivity index (χ4v) is 7.53. The Bertz CT molecular complexity index is 965. The van der Waals surface area contributed by atoms with E-state index in [1.165, 1.54) is 26.2 Å². The van der Waals surface area contributed by atoms with E-state index < -0.39 is 52.8 Å². The predicted molar refractivity (Wildman–Crippen MR) is 115 cm³/mol. The number of methoxy groups -OCH3 is 1. The second kappa shape index (κ2) is 7.87. The molecule has 0 unspecified atom stereocenters. The maximum absolute atomic E-state index is 13.0. The van der Waals surface area contributed by atoms with E-state index in [-0.39, 0.29) is 36.4 Å². The van der Waals surface area contributed by atoms with Gasteiger partial charge in [0, 0.05) is 23.7 Å². The lowest BCUT2D eigenvalue weighted by Gasteiger charge is -2.60. The maximum atomic E-state index is 13.0. The van der Waals surface area contributed by atoms with E-state index in [1.54, 1.807) is 6.08 Å². The Kier molecular flexibility index (Phi) is 5.69. The minimum atomic E-state index is -1.74. The minimum absolute atomic E-state index is 0.145. The zero-order chi connectivity index (χ0) is 24.3. The summed E-state index contributed by atoms with van der Waals surface area (Å²) >= 11 is 0. The van der Waals surface area contributed by atoms with E-state index in [4.69, 9.17) is 9.47 Å². The molecule has 0 aromatic carbocycles. The standard InChI is InChI=1S/C25H32O8/c1-13(26)33-12-20(29)25(31)8-6-17-15-10-16(22(30)32-4)18-9-14(27)5-7-23(18,2)21(15)19(28)11-24(17,25)3/h5,7,9,15-17,19,21,28,31H,6,8,10-12H2,1-4H3/t15-,16-,17-,19-,21+,23-,24-,25-/m0/s1. The third-order valence-corrected chi connectivity index (χ3v) is 9.05. The number of carbonyl (C=O) groups is 4. The number of esters is 2. The van der Waals surface area contributed by atoms with Crippen LogP contribution in [0.15, 0.2) is 23.8 Å². The Morgan fingerprint density at radius 3 is 2.58 bits per heavy atom. The molecule has 0 aliphatic heterocycles. The number of aliphatic hydroxyl groups excluding tert-OH is 1. The average molecular weight is 461 g/mol. The van der Waals surface area contributed by atoms with Gasteiger partial charge in [-0.15, -0.1) is 0 Å². The highest BCUT2D eigenvalue weighted by atomic mass is 16.5. The first-order chi connectivity index (χ1) is 15.4. The molecule has 4 aliphatic rings. The van der Waals surface area contributed by atoms with Crippen molar-refractivity contribution in [2.75, 3.05) is 13.7 Å². The first kappa shape index (κ1) is 23.8. The first-order valence-corrected chi connectivity index (χ1v) is 11.5. The fraction of sp³-hybridized carbons (Fsp3) is 0.680. The van der Waals surface area contributed by atoms with Gasteiger partial charge in [0.15, 0.2) is 12.4 Å². The topological polar surface area (TPSA) is 127 Å². The van der Waals surface area contributed by atoms with Crippen LogP contribution in [-0.4, -0.2) is 59.1 Å². The zero-order valence-corrected chi connectivity index (χ0v) is 19.5. The van der Waals surface area contributed by atoms with Crippen LogP contribution in [0.4, 0.5) is 0 Å². The van der Waals surface area contributed by atoms with E-state index >= 15 is 0 Å². The molecule has 3 saturated carbocycles. The van der Waals surface area contributed by atoms with Crippen molar-refractivity contribution in [2.24, 2.45) is 34.5 Å². The smallest absolute Gasteiger partial charge is 0.312 e. The van der Waals surface area contributed by atoms with Crippen LogP contribution in [0.5, 0.6) is 0 Å². The van der Waals surface area contributed by atoms with Gasteiger partial charge in [0.05, 0.1) is 19.1 Å². The Hall–Kier alpha value is -2.32. The highest BCUT2D eigenvalue weighted by Crippen LogP contribution is 2.67. The lowest BCUT2D eigenvalue weighted by molar-refractivity contribution is -0.184. The molecule has 0 aromatic rings. The van der Waals surface area contributed by atoms with E-state index in [0.29, 0.717) is 18.4 Å². The number of fused-ring (bicyclic) bond motifs is 5. The molecule has 0 bridgehead atoms. The minimum Gasteiger partial charge on any atom is -0.469 e. The molecule has 3 fully saturated rings. The molecule has 33 heavy (non-hydrogen) atoms. The number of hydrogen-bond acceptors (Lipinski definition) is 8. The second-order valence-corrected chi connectivity index (χ2v) is 10.5. The highest BCUT2D eigenvalue weighted by molar-refractivity contribution is 6.02. The Morgan fingerprint density at radius 2 is 1.94 bits per heavy atom. The molecule has 0 spiro atoms. The second-order valence-electron chi connectivity index (χ2n) is 10.5. The SMILES string of the molecule is COC(=O)[C@H]1C[C@@H]2[C@H]([C@@H](O)C[C@@]3(C)[C@H]2CC[C@]3(O)C(=O)COC(C)=O)[C@@]2(C)C=CC(=O)C=C12. The first-order valence-electron chi connectivity index (χ1n) is 11.5. The molecule has 0 aromatic heterocycles. The number of aliphatic hydroxyl groups is 2.